The molecule has 0 radical (unpaired) electrons. The van der Waals surface area contributed by atoms with Crippen LogP contribution in [-0.4, -0.2) is 88.1 Å². The number of carbonyl (C=O) groups is 1. The summed E-state index contributed by atoms with van der Waals surface area (Å²) in [5.74, 6) is 1.54. The van der Waals surface area contributed by atoms with Gasteiger partial charge in [0.2, 0.25) is 0 Å². The van der Waals surface area contributed by atoms with Gasteiger partial charge in [-0.25, -0.2) is 0 Å². The predicted molar refractivity (Wildman–Crippen MR) is 171 cm³/mol. The zero-order valence-electron chi connectivity index (χ0n) is 29.1. The summed E-state index contributed by atoms with van der Waals surface area (Å²) < 4.78 is 24.4. The average Bonchev–Trinajstić information content (AvgIpc) is 3.46. The number of allylic oxidation sites excluding steroid dienone is 2. The lowest BCUT2D eigenvalue weighted by atomic mass is 9.36. The standard InChI is InChI=1S/C37H58O9/c1-21(10-9-15-32(2,3)43-8)22-13-16-34(6)23(22)14-17-36-25-11-12-26(45-30-29(41)28(40)27(39)24(20-38)44-30)33(4,5)37(25,46-31(36)42)19-18-35(34,36)7/h9,15,18-19,21-30,38-41H,10-14,16-17,20H2,1-8H3/b15-9+/t21-,22-,23+,24-,25-,26+,27-,28+,29-,30+,34+,35-,36+,37-/m1/s1. The largest absolute Gasteiger partial charge is 0.453 e. The summed E-state index contributed by atoms with van der Waals surface area (Å²) in [6.07, 6.45) is 8.19. The molecule has 9 heteroatoms. The van der Waals surface area contributed by atoms with Crippen LogP contribution in [-0.2, 0) is 23.7 Å². The van der Waals surface area contributed by atoms with Crippen LogP contribution < -0.4 is 0 Å². The molecule has 2 aliphatic heterocycles. The van der Waals surface area contributed by atoms with Gasteiger partial charge in [0.1, 0.15) is 30.0 Å². The number of aliphatic hydroxyl groups is 4. The van der Waals surface area contributed by atoms with Gasteiger partial charge >= 0.3 is 5.97 Å². The summed E-state index contributed by atoms with van der Waals surface area (Å²) in [6.45, 7) is 14.9. The second-order valence-electron chi connectivity index (χ2n) is 17.1. The molecule has 6 rings (SSSR count). The minimum atomic E-state index is -1.52. The van der Waals surface area contributed by atoms with Crippen LogP contribution in [0.3, 0.4) is 0 Å². The van der Waals surface area contributed by atoms with Gasteiger partial charge in [-0.15, -0.1) is 0 Å². The first-order valence-corrected chi connectivity index (χ1v) is 17.6. The molecule has 0 aromatic rings. The highest BCUT2D eigenvalue weighted by molar-refractivity contribution is 5.84. The van der Waals surface area contributed by atoms with Crippen LogP contribution in [0.15, 0.2) is 24.3 Å². The van der Waals surface area contributed by atoms with Crippen molar-refractivity contribution in [1.29, 1.82) is 0 Å². The molecule has 3 saturated carbocycles. The Bertz CT molecular complexity index is 1240. The third-order valence-electron chi connectivity index (χ3n) is 14.7. The Morgan fingerprint density at radius 3 is 2.41 bits per heavy atom. The fourth-order valence-electron chi connectivity index (χ4n) is 11.4. The predicted octanol–water partition coefficient (Wildman–Crippen LogP) is 4.30. The molecule has 4 aliphatic carbocycles. The van der Waals surface area contributed by atoms with E-state index in [1.807, 2.05) is 0 Å². The summed E-state index contributed by atoms with van der Waals surface area (Å²) in [5, 5.41) is 41.1. The molecule has 1 spiro atoms. The van der Waals surface area contributed by atoms with Crippen molar-refractivity contribution in [3.8, 4) is 0 Å². The molecule has 0 aromatic carbocycles. The highest BCUT2D eigenvalue weighted by Gasteiger charge is 2.81. The maximum absolute atomic E-state index is 14.5. The third kappa shape index (κ3) is 4.48. The van der Waals surface area contributed by atoms with Crippen LogP contribution in [0.1, 0.15) is 93.4 Å². The Hall–Kier alpha value is -1.33. The van der Waals surface area contributed by atoms with Gasteiger partial charge in [0.05, 0.1) is 23.7 Å². The lowest BCUT2D eigenvalue weighted by Crippen LogP contribution is -2.68. The lowest BCUT2D eigenvalue weighted by Gasteiger charge is -2.65. The first-order chi connectivity index (χ1) is 21.5. The molecule has 0 aromatic heterocycles. The number of rotatable bonds is 8. The summed E-state index contributed by atoms with van der Waals surface area (Å²) in [7, 11) is 1.75. The van der Waals surface area contributed by atoms with Gasteiger partial charge in [-0.2, -0.15) is 0 Å². The smallest absolute Gasteiger partial charge is 0.314 e. The number of aliphatic hydroxyl groups excluding tert-OH is 4. The number of ether oxygens (including phenoxy) is 4. The van der Waals surface area contributed by atoms with E-state index in [2.05, 4.69) is 72.8 Å². The van der Waals surface area contributed by atoms with Gasteiger partial charge in [0.25, 0.3) is 0 Å². The number of carbonyl (C=O) groups excluding carboxylic acids is 1. The van der Waals surface area contributed by atoms with E-state index >= 15 is 0 Å². The Kier molecular flexibility index (Phi) is 8.53. The zero-order valence-corrected chi connectivity index (χ0v) is 29.1. The van der Waals surface area contributed by atoms with Crippen molar-refractivity contribution in [3.05, 3.63) is 24.3 Å². The van der Waals surface area contributed by atoms with E-state index in [4.69, 9.17) is 18.9 Å². The maximum atomic E-state index is 14.5. The molecule has 6 aliphatic rings. The Labute approximate surface area is 274 Å². The van der Waals surface area contributed by atoms with Gasteiger partial charge in [-0.05, 0) is 88.0 Å². The van der Waals surface area contributed by atoms with E-state index in [0.717, 1.165) is 38.5 Å². The van der Waals surface area contributed by atoms with Gasteiger partial charge in [-0.3, -0.25) is 4.79 Å². The molecule has 5 fully saturated rings. The molecule has 2 saturated heterocycles. The van der Waals surface area contributed by atoms with E-state index in [0.29, 0.717) is 24.2 Å². The normalized spacial score (nSPS) is 50.2. The minimum Gasteiger partial charge on any atom is -0.453 e. The van der Waals surface area contributed by atoms with E-state index in [-0.39, 0.29) is 28.3 Å². The molecule has 9 nitrogen and oxygen atoms in total. The number of methoxy groups -OCH3 is 1. The monoisotopic (exact) mass is 646 g/mol. The van der Waals surface area contributed by atoms with Crippen LogP contribution in [0.2, 0.25) is 0 Å². The summed E-state index contributed by atoms with van der Waals surface area (Å²) in [6, 6.07) is 0. The molecule has 0 unspecified atom stereocenters. The Morgan fingerprint density at radius 2 is 1.74 bits per heavy atom. The van der Waals surface area contributed by atoms with Crippen molar-refractivity contribution in [2.75, 3.05) is 13.7 Å². The van der Waals surface area contributed by atoms with Gasteiger partial charge in [0, 0.05) is 23.9 Å². The molecule has 0 amide bonds. The SMILES string of the molecule is COC(C)(C)/C=C/C[C@@H](C)[C@H]1CC[C@@]2(C)[C@H]1CC[C@]13C(=O)O[C@]4(C=C[C@]21C)[C@@H]3CC[C@H](O[C@@H]1O[C@H](CO)[C@@H](O)[C@H](O)[C@H]1O)C4(C)C. The lowest BCUT2D eigenvalue weighted by molar-refractivity contribution is -0.329. The number of hydrogen-bond acceptors (Lipinski definition) is 9. The minimum absolute atomic E-state index is 0.0133. The second kappa shape index (κ2) is 11.4. The Morgan fingerprint density at radius 1 is 1.02 bits per heavy atom. The molecule has 4 N–H and O–H groups in total. The van der Waals surface area contributed by atoms with Crippen LogP contribution >= 0.6 is 0 Å². The van der Waals surface area contributed by atoms with Gasteiger partial charge < -0.3 is 39.4 Å². The average molecular weight is 647 g/mol. The summed E-state index contributed by atoms with van der Waals surface area (Å²) in [4.78, 5) is 14.5. The van der Waals surface area contributed by atoms with Crippen LogP contribution in [0, 0.1) is 45.3 Å². The molecular formula is C37H58O9. The molecule has 46 heavy (non-hydrogen) atoms. The third-order valence-corrected chi connectivity index (χ3v) is 14.7. The fraction of sp³-hybridized carbons (Fsp3) is 0.865. The molecule has 2 bridgehead atoms. The van der Waals surface area contributed by atoms with Crippen LogP contribution in [0.4, 0.5) is 0 Å². The quantitative estimate of drug-likeness (QED) is 0.225. The molecule has 260 valence electrons. The Balaban J connectivity index is 1.28. The van der Waals surface area contributed by atoms with Gasteiger partial charge in [0.15, 0.2) is 6.29 Å². The molecule has 14 atom stereocenters. The topological polar surface area (TPSA) is 135 Å². The molecule has 2 heterocycles. The molecular weight excluding hydrogens is 588 g/mol. The van der Waals surface area contributed by atoms with E-state index in [1.165, 1.54) is 0 Å². The maximum Gasteiger partial charge on any atom is 0.314 e. The van der Waals surface area contributed by atoms with Crippen molar-refractivity contribution in [1.82, 2.24) is 0 Å². The summed E-state index contributed by atoms with van der Waals surface area (Å²) in [5.41, 5.74) is -2.86. The van der Waals surface area contributed by atoms with Crippen LogP contribution in [0.25, 0.3) is 0 Å². The van der Waals surface area contributed by atoms with E-state index < -0.39 is 59.8 Å². The number of hydrogen-bond donors (Lipinski definition) is 4. The highest BCUT2D eigenvalue weighted by atomic mass is 16.7. The zero-order chi connectivity index (χ0) is 33.7. The number of esters is 1. The van der Waals surface area contributed by atoms with Gasteiger partial charge in [-0.1, -0.05) is 52.8 Å². The van der Waals surface area contributed by atoms with E-state index in [1.54, 1.807) is 7.11 Å². The fourth-order valence-corrected chi connectivity index (χ4v) is 11.4. The second-order valence-corrected chi connectivity index (χ2v) is 17.1. The van der Waals surface area contributed by atoms with E-state index in [9.17, 15) is 25.2 Å². The first kappa shape index (κ1) is 34.5. The van der Waals surface area contributed by atoms with Crippen molar-refractivity contribution in [2.24, 2.45) is 45.3 Å². The van der Waals surface area contributed by atoms with Crippen molar-refractivity contribution in [2.45, 2.75) is 141 Å². The first-order valence-electron chi connectivity index (χ1n) is 17.6. The highest BCUT2D eigenvalue weighted by Crippen LogP contribution is 2.79. The van der Waals surface area contributed by atoms with Crippen LogP contribution in [0.5, 0.6) is 0 Å². The summed E-state index contributed by atoms with van der Waals surface area (Å²) >= 11 is 0. The van der Waals surface area contributed by atoms with Crippen molar-refractivity contribution in [3.63, 3.8) is 0 Å². The van der Waals surface area contributed by atoms with Crippen molar-refractivity contribution < 1.29 is 44.2 Å². The van der Waals surface area contributed by atoms with Crippen molar-refractivity contribution >= 4 is 5.97 Å². The number of fused-ring (bicyclic) bond motifs is 2.